The van der Waals surface area contributed by atoms with Gasteiger partial charge in [0.05, 0.1) is 18.2 Å². The Balaban J connectivity index is 0.00000169. The van der Waals surface area contributed by atoms with Crippen LogP contribution in [-0.4, -0.2) is 37.8 Å². The van der Waals surface area contributed by atoms with Crippen LogP contribution in [0.2, 0.25) is 0 Å². The lowest BCUT2D eigenvalue weighted by atomic mass is 9.95. The van der Waals surface area contributed by atoms with Crippen molar-refractivity contribution in [1.82, 2.24) is 10.6 Å². The molecule has 2 aliphatic heterocycles. The first kappa shape index (κ1) is 17.9. The molecule has 1 aromatic rings. The second-order valence-corrected chi connectivity index (χ2v) is 7.05. The first-order chi connectivity index (χ1) is 11.2. The van der Waals surface area contributed by atoms with Gasteiger partial charge < -0.3 is 15.4 Å². The summed E-state index contributed by atoms with van der Waals surface area (Å²) in [5.41, 5.74) is 0.750. The van der Waals surface area contributed by atoms with Crippen LogP contribution in [0.5, 0.6) is 0 Å². The molecule has 4 nitrogen and oxygen atoms in total. The maximum absolute atomic E-state index is 14.1. The van der Waals surface area contributed by atoms with Gasteiger partial charge in [0.15, 0.2) is 5.96 Å². The maximum Gasteiger partial charge on any atom is 0.191 e. The molecule has 0 radical (unpaired) electrons. The number of hydrogen-bond acceptors (Lipinski definition) is 2. The third-order valence-electron chi connectivity index (χ3n) is 5.54. The van der Waals surface area contributed by atoms with Crippen LogP contribution in [0.4, 0.5) is 4.39 Å². The molecule has 0 amide bonds. The number of rotatable bonds is 4. The van der Waals surface area contributed by atoms with Gasteiger partial charge in [0.2, 0.25) is 0 Å². The largest absolute Gasteiger partial charge is 0.373 e. The summed E-state index contributed by atoms with van der Waals surface area (Å²) in [6.07, 6.45) is 6.17. The zero-order valence-electron chi connectivity index (χ0n) is 13.9. The maximum atomic E-state index is 14.1. The lowest BCUT2D eigenvalue weighted by Crippen LogP contribution is -2.49. The van der Waals surface area contributed by atoms with E-state index in [0.29, 0.717) is 18.2 Å². The molecule has 24 heavy (non-hydrogen) atoms. The molecule has 2 heterocycles. The molecule has 3 aliphatic rings. The van der Waals surface area contributed by atoms with E-state index in [4.69, 9.17) is 4.74 Å². The van der Waals surface area contributed by atoms with Gasteiger partial charge >= 0.3 is 0 Å². The van der Waals surface area contributed by atoms with Crippen molar-refractivity contribution in [3.8, 4) is 0 Å². The lowest BCUT2D eigenvalue weighted by Gasteiger charge is -2.24. The predicted octanol–water partition coefficient (Wildman–Crippen LogP) is 2.96. The van der Waals surface area contributed by atoms with Crippen molar-refractivity contribution in [3.63, 3.8) is 0 Å². The van der Waals surface area contributed by atoms with Crippen LogP contribution in [0.25, 0.3) is 0 Å². The summed E-state index contributed by atoms with van der Waals surface area (Å²) in [7, 11) is 1.78. The topological polar surface area (TPSA) is 45.7 Å². The van der Waals surface area contributed by atoms with Crippen molar-refractivity contribution < 1.29 is 9.13 Å². The third kappa shape index (κ3) is 3.40. The molecule has 3 fully saturated rings. The van der Waals surface area contributed by atoms with E-state index in [9.17, 15) is 4.39 Å². The van der Waals surface area contributed by atoms with Crippen molar-refractivity contribution in [1.29, 1.82) is 0 Å². The number of nitrogens with zero attached hydrogens (tertiary/aromatic N) is 1. The van der Waals surface area contributed by atoms with Gasteiger partial charge in [-0.1, -0.05) is 18.2 Å². The van der Waals surface area contributed by atoms with Crippen LogP contribution in [-0.2, 0) is 10.2 Å². The molecule has 1 aliphatic carbocycles. The van der Waals surface area contributed by atoms with Gasteiger partial charge in [0, 0.05) is 19.0 Å². The van der Waals surface area contributed by atoms with E-state index in [1.54, 1.807) is 19.2 Å². The Kier molecular flexibility index (Phi) is 5.34. The second-order valence-electron chi connectivity index (χ2n) is 7.05. The summed E-state index contributed by atoms with van der Waals surface area (Å²) in [5.74, 6) is 0.699. The highest BCUT2D eigenvalue weighted by Crippen LogP contribution is 2.48. The highest BCUT2D eigenvalue weighted by molar-refractivity contribution is 14.0. The normalized spacial score (nSPS) is 29.9. The average molecular weight is 445 g/mol. The fourth-order valence-electron chi connectivity index (χ4n) is 4.00. The third-order valence-corrected chi connectivity index (χ3v) is 5.54. The van der Waals surface area contributed by atoms with E-state index in [1.165, 1.54) is 6.42 Å². The smallest absolute Gasteiger partial charge is 0.191 e. The molecule has 2 bridgehead atoms. The van der Waals surface area contributed by atoms with Crippen LogP contribution in [0.15, 0.2) is 29.3 Å². The number of aliphatic imine (C=N–C) groups is 1. The summed E-state index contributed by atoms with van der Waals surface area (Å²) in [6.45, 7) is 0.718. The number of nitrogens with one attached hydrogen (secondary N) is 2. The van der Waals surface area contributed by atoms with E-state index in [2.05, 4.69) is 15.6 Å². The molecule has 2 N–H and O–H groups in total. The predicted molar refractivity (Wildman–Crippen MR) is 104 cm³/mol. The standard InChI is InChI=1S/C18H24FN3O.HI/c1-20-17(22-15-10-12-6-7-16(15)23-12)21-11-18(8-9-18)13-4-2-3-5-14(13)19;/h2-5,12,15-16H,6-11H2,1H3,(H2,20,21,22);1H. The van der Waals surface area contributed by atoms with Gasteiger partial charge in [-0.2, -0.15) is 0 Å². The Labute approximate surface area is 159 Å². The summed E-state index contributed by atoms with van der Waals surface area (Å²) in [5, 5.41) is 6.88. The van der Waals surface area contributed by atoms with Gasteiger partial charge in [-0.15, -0.1) is 24.0 Å². The molecule has 4 rings (SSSR count). The Hall–Kier alpha value is -0.890. The SMILES string of the molecule is CN=C(NCC1(c2ccccc2F)CC1)NC1CC2CCC1O2.I. The van der Waals surface area contributed by atoms with Crippen LogP contribution < -0.4 is 10.6 Å². The summed E-state index contributed by atoms with van der Waals surface area (Å²) in [6, 6.07) is 7.47. The molecule has 0 aromatic heterocycles. The highest BCUT2D eigenvalue weighted by atomic mass is 127. The van der Waals surface area contributed by atoms with Crippen molar-refractivity contribution in [2.75, 3.05) is 13.6 Å². The fourth-order valence-corrected chi connectivity index (χ4v) is 4.00. The molecule has 132 valence electrons. The van der Waals surface area contributed by atoms with Gasteiger partial charge in [0.1, 0.15) is 5.82 Å². The summed E-state index contributed by atoms with van der Waals surface area (Å²) in [4.78, 5) is 4.33. The number of hydrogen-bond donors (Lipinski definition) is 2. The molecule has 2 saturated heterocycles. The molecule has 0 spiro atoms. The van der Waals surface area contributed by atoms with E-state index >= 15 is 0 Å². The van der Waals surface area contributed by atoms with Gasteiger partial charge in [-0.05, 0) is 43.7 Å². The summed E-state index contributed by atoms with van der Waals surface area (Å²) >= 11 is 0. The fraction of sp³-hybridized carbons (Fsp3) is 0.611. The average Bonchev–Trinajstić information content (AvgIpc) is 3.05. The van der Waals surface area contributed by atoms with Gasteiger partial charge in [-0.25, -0.2) is 4.39 Å². The van der Waals surface area contributed by atoms with E-state index in [0.717, 1.165) is 43.8 Å². The first-order valence-corrected chi connectivity index (χ1v) is 8.58. The number of ether oxygens (including phenoxy) is 1. The van der Waals surface area contributed by atoms with Crippen molar-refractivity contribution in [2.45, 2.75) is 55.8 Å². The quantitative estimate of drug-likeness (QED) is 0.426. The number of benzene rings is 1. The van der Waals surface area contributed by atoms with Crippen LogP contribution in [0.3, 0.4) is 0 Å². The lowest BCUT2D eigenvalue weighted by molar-refractivity contribution is 0.0992. The zero-order valence-corrected chi connectivity index (χ0v) is 16.3. The minimum absolute atomic E-state index is 0. The monoisotopic (exact) mass is 445 g/mol. The van der Waals surface area contributed by atoms with Gasteiger partial charge in [0.25, 0.3) is 0 Å². The second kappa shape index (κ2) is 7.15. The minimum atomic E-state index is -0.101. The zero-order chi connectivity index (χ0) is 15.9. The van der Waals surface area contributed by atoms with Crippen LogP contribution >= 0.6 is 24.0 Å². The molecule has 1 saturated carbocycles. The first-order valence-electron chi connectivity index (χ1n) is 8.58. The Morgan fingerprint density at radius 3 is 2.71 bits per heavy atom. The Morgan fingerprint density at radius 2 is 2.12 bits per heavy atom. The molecule has 3 atom stereocenters. The molecule has 1 aromatic carbocycles. The van der Waals surface area contributed by atoms with Crippen LogP contribution in [0.1, 0.15) is 37.7 Å². The van der Waals surface area contributed by atoms with Crippen molar-refractivity contribution in [2.24, 2.45) is 4.99 Å². The van der Waals surface area contributed by atoms with Crippen molar-refractivity contribution in [3.05, 3.63) is 35.6 Å². The number of guanidine groups is 1. The minimum Gasteiger partial charge on any atom is -0.373 e. The van der Waals surface area contributed by atoms with E-state index in [1.807, 2.05) is 12.1 Å². The molecular formula is C18H25FIN3O. The van der Waals surface area contributed by atoms with E-state index < -0.39 is 0 Å². The number of fused-ring (bicyclic) bond motifs is 2. The van der Waals surface area contributed by atoms with Crippen molar-refractivity contribution >= 4 is 29.9 Å². The van der Waals surface area contributed by atoms with Crippen LogP contribution in [0, 0.1) is 5.82 Å². The molecule has 3 unspecified atom stereocenters. The molecular weight excluding hydrogens is 420 g/mol. The molecule has 6 heteroatoms. The highest BCUT2D eigenvalue weighted by Gasteiger charge is 2.46. The van der Waals surface area contributed by atoms with Gasteiger partial charge in [-0.3, -0.25) is 4.99 Å². The van der Waals surface area contributed by atoms with E-state index in [-0.39, 0.29) is 35.2 Å². The number of halogens is 2. The Bertz CT molecular complexity index is 620. The Morgan fingerprint density at radius 1 is 1.33 bits per heavy atom. The summed E-state index contributed by atoms with van der Waals surface area (Å²) < 4.78 is 19.9.